The fraction of sp³-hybridized carbons (Fsp3) is 0.475. The quantitative estimate of drug-likeness (QED) is 0.0731. The highest BCUT2D eigenvalue weighted by atomic mass is 79.9. The molecule has 31 nitrogen and oxygen atoms in total. The number of nitrogens with one attached hydrogen (secondary N) is 1. The molecule has 0 unspecified atom stereocenters. The highest BCUT2D eigenvalue weighted by molar-refractivity contribution is 9.10. The van der Waals surface area contributed by atoms with E-state index < -0.39 is 58.5 Å². The van der Waals surface area contributed by atoms with Crippen molar-refractivity contribution in [2.24, 2.45) is 0 Å². The number of hydrogen-bond donors (Lipinski definition) is 4. The van der Waals surface area contributed by atoms with Gasteiger partial charge in [0.1, 0.15) is 44.2 Å². The van der Waals surface area contributed by atoms with Crippen LogP contribution < -0.4 is 32.3 Å². The zero-order valence-corrected chi connectivity index (χ0v) is 59.1. The molecule has 6 heterocycles. The average molecular weight is 1430 g/mol. The van der Waals surface area contributed by atoms with E-state index in [1.54, 1.807) is 129 Å². The summed E-state index contributed by atoms with van der Waals surface area (Å²) < 4.78 is 26.6. The second-order valence-corrected chi connectivity index (χ2v) is 25.5. The van der Waals surface area contributed by atoms with Gasteiger partial charge in [0, 0.05) is 43.9 Å². The molecule has 0 bridgehead atoms. The van der Waals surface area contributed by atoms with Gasteiger partial charge in [0.15, 0.2) is 23.3 Å². The predicted molar refractivity (Wildman–Crippen MR) is 357 cm³/mol. The number of anilines is 6. The first-order valence-corrected chi connectivity index (χ1v) is 30.5. The fourth-order valence-corrected chi connectivity index (χ4v) is 6.34. The maximum Gasteiger partial charge on any atom is 0.425 e. The number of hydrogen-bond acceptors (Lipinski definition) is 28. The number of nitriles is 3. The predicted octanol–water partition coefficient (Wildman–Crippen LogP) is 11.9. The molecule has 6 aromatic rings. The molecule has 94 heavy (non-hydrogen) atoms. The summed E-state index contributed by atoms with van der Waals surface area (Å²) in [6, 6.07) is 6.10. The number of halogens is 2. The number of nitrogens with zero attached hydrogens (tertiary/aromatic N) is 17. The molecular formula is C61H83Br2N21O10. The van der Waals surface area contributed by atoms with E-state index in [4.69, 9.17) is 56.7 Å². The van der Waals surface area contributed by atoms with Crippen molar-refractivity contribution in [2.75, 3.05) is 32.3 Å². The van der Waals surface area contributed by atoms with Gasteiger partial charge in [0.25, 0.3) is 0 Å². The number of rotatable bonds is 10. The van der Waals surface area contributed by atoms with Crippen LogP contribution >= 0.6 is 31.9 Å². The van der Waals surface area contributed by atoms with Crippen LogP contribution in [0.2, 0.25) is 0 Å². The maximum atomic E-state index is 12.4. The van der Waals surface area contributed by atoms with Crippen molar-refractivity contribution in [1.82, 2.24) is 59.8 Å². The van der Waals surface area contributed by atoms with Crippen LogP contribution in [-0.2, 0) is 48.3 Å². The molecule has 0 fully saturated rings. The Bertz CT molecular complexity index is 3390. The third kappa shape index (κ3) is 37.4. The Hall–Kier alpha value is -9.94. The Morgan fingerprint density at radius 1 is 0.447 bits per heavy atom. The molecule has 0 aliphatic heterocycles. The smallest absolute Gasteiger partial charge is 0.425 e. The zero-order chi connectivity index (χ0) is 71.6. The monoisotopic (exact) mass is 1430 g/mol. The number of carbonyl (C=O) groups excluding carboxylic acids is 5. The first-order chi connectivity index (χ1) is 43.6. The van der Waals surface area contributed by atoms with Crippen LogP contribution in [0.4, 0.5) is 58.9 Å². The second kappa shape index (κ2) is 39.5. The van der Waals surface area contributed by atoms with Crippen molar-refractivity contribution in [2.45, 2.75) is 190 Å². The molecule has 0 spiro atoms. The van der Waals surface area contributed by atoms with Gasteiger partial charge >= 0.3 is 30.5 Å². The summed E-state index contributed by atoms with van der Waals surface area (Å²) in [6.07, 6.45) is 15.5. The lowest BCUT2D eigenvalue weighted by Gasteiger charge is -2.27. The SMILES string of the molecule is CC(C)(C)OC(=O)N(C(=O)OC(C)(C)C)c1cnc(CBr)cn1.CC(C)(C)OC(=O)Nc1cnc(CCC#N)cn1.Cc1cnc(N(C(=O)OC(C)(C)C)C(=O)OC(C)(C)C)cn1.Cc1cnc(N)cn1.N#CCCc1cnc(N)c(Br)n1.N#CCCc1cnc(N)cn1. The van der Waals surface area contributed by atoms with Gasteiger partial charge in [-0.1, -0.05) is 15.9 Å². The van der Waals surface area contributed by atoms with Crippen molar-refractivity contribution in [1.29, 1.82) is 15.8 Å². The maximum absolute atomic E-state index is 12.4. The summed E-state index contributed by atoms with van der Waals surface area (Å²) in [5.41, 5.74) is 16.9. The zero-order valence-electron chi connectivity index (χ0n) is 56.0. The Kier molecular flexibility index (Phi) is 34.5. The summed E-state index contributed by atoms with van der Waals surface area (Å²) in [5, 5.41) is 28.0. The summed E-state index contributed by atoms with van der Waals surface area (Å²) in [7, 11) is 0. The minimum Gasteiger partial charge on any atom is -0.444 e. The summed E-state index contributed by atoms with van der Waals surface area (Å²) in [6.45, 7) is 29.4. The van der Waals surface area contributed by atoms with E-state index in [9.17, 15) is 24.0 Å². The molecule has 0 saturated heterocycles. The highest BCUT2D eigenvalue weighted by Gasteiger charge is 2.35. The highest BCUT2D eigenvalue weighted by Crippen LogP contribution is 2.22. The third-order valence-electron chi connectivity index (χ3n) is 9.50. The van der Waals surface area contributed by atoms with Gasteiger partial charge in [0.2, 0.25) is 0 Å². The first-order valence-electron chi connectivity index (χ1n) is 28.5. The molecule has 506 valence electrons. The van der Waals surface area contributed by atoms with Gasteiger partial charge in [-0.15, -0.1) is 0 Å². The molecule has 7 N–H and O–H groups in total. The molecule has 0 atom stereocenters. The molecular weight excluding hydrogens is 1350 g/mol. The van der Waals surface area contributed by atoms with E-state index in [-0.39, 0.29) is 11.6 Å². The molecule has 0 aliphatic rings. The number of amides is 5. The van der Waals surface area contributed by atoms with Gasteiger partial charge in [0.05, 0.1) is 121 Å². The Labute approximate surface area is 564 Å². The topological polar surface area (TPSA) is 454 Å². The summed E-state index contributed by atoms with van der Waals surface area (Å²) in [5.74, 6) is 1.66. The van der Waals surface area contributed by atoms with Crippen LogP contribution in [0.25, 0.3) is 0 Å². The van der Waals surface area contributed by atoms with Gasteiger partial charge in [-0.2, -0.15) is 25.6 Å². The van der Waals surface area contributed by atoms with E-state index in [0.29, 0.717) is 88.8 Å². The number of aryl methyl sites for hydroxylation is 5. The number of nitrogen functional groups attached to an aromatic ring is 3. The number of imide groups is 2. The van der Waals surface area contributed by atoms with Crippen molar-refractivity contribution >= 4 is 97.2 Å². The van der Waals surface area contributed by atoms with Crippen LogP contribution in [0, 0.1) is 47.8 Å². The van der Waals surface area contributed by atoms with Gasteiger partial charge in [-0.25, -0.2) is 58.9 Å². The normalized spacial score (nSPS) is 10.7. The standard InChI is InChI=1S/C15H22BrN3O4.C15H23N3O4.C12H16N4O2.C7H7BrN4.C7H8N4.C5H7N3/c1-14(2,3)22-12(20)19(13(21)23-15(4,5)6)11-9-17-10(7-16)8-18-11;1-10-8-17-11(9-16-10)18(12(19)21-14(2,3)4)13(20)22-15(5,6)7;1-12(2,3)18-11(17)16-10-8-14-9(7-15-10)5-4-6-13;8-6-7(10)11-4-5(12-6)2-1-3-9;8-3-1-2-6-4-11-7(9)5-10-6;1-4-2-8-5(6)3-7-4/h8-9H,7H2,1-6H3;8-9H,1-7H3;7-8H,4-5H2,1-3H3,(H,15,16,17);4H,1-2H2,(H2,10,11);4-5H,1-2H2,(H2,9,11);2-3H,1H3,(H2,6,8). The molecule has 33 heteroatoms. The third-order valence-corrected chi connectivity index (χ3v) is 10.7. The van der Waals surface area contributed by atoms with Gasteiger partial charge in [-0.05, 0) is 134 Å². The lowest BCUT2D eigenvalue weighted by molar-refractivity contribution is 0.0406. The lowest BCUT2D eigenvalue weighted by atomic mass is 10.2. The van der Waals surface area contributed by atoms with Crippen molar-refractivity contribution in [3.8, 4) is 18.2 Å². The Morgan fingerprint density at radius 2 is 0.787 bits per heavy atom. The van der Waals surface area contributed by atoms with Gasteiger partial charge < -0.3 is 40.9 Å². The van der Waals surface area contributed by atoms with E-state index in [2.05, 4.69) is 97.0 Å². The number of nitrogens with two attached hydrogens (primary N) is 3. The molecule has 0 saturated carbocycles. The number of alkyl halides is 1. The molecule has 0 radical (unpaired) electrons. The minimum absolute atomic E-state index is 0.0400. The Morgan fingerprint density at radius 3 is 1.10 bits per heavy atom. The molecule has 0 aliphatic carbocycles. The van der Waals surface area contributed by atoms with Crippen molar-refractivity contribution < 1.29 is 47.7 Å². The molecule has 6 aromatic heterocycles. The van der Waals surface area contributed by atoms with Crippen LogP contribution in [0.15, 0.2) is 72.8 Å². The number of ether oxygens (including phenoxy) is 5. The van der Waals surface area contributed by atoms with E-state index in [0.717, 1.165) is 26.9 Å². The summed E-state index contributed by atoms with van der Waals surface area (Å²) >= 11 is 6.41. The van der Waals surface area contributed by atoms with Crippen LogP contribution in [0.1, 0.15) is 157 Å². The van der Waals surface area contributed by atoms with Crippen molar-refractivity contribution in [3.05, 3.63) is 107 Å². The van der Waals surface area contributed by atoms with E-state index >= 15 is 0 Å². The van der Waals surface area contributed by atoms with Crippen LogP contribution in [0.3, 0.4) is 0 Å². The lowest BCUT2D eigenvalue weighted by Crippen LogP contribution is -2.44. The first kappa shape index (κ1) is 82.1. The summed E-state index contributed by atoms with van der Waals surface area (Å²) in [4.78, 5) is 110. The Balaban J connectivity index is 0.000000582. The van der Waals surface area contributed by atoms with Gasteiger partial charge in [-0.3, -0.25) is 30.2 Å². The van der Waals surface area contributed by atoms with Crippen molar-refractivity contribution in [3.63, 3.8) is 0 Å². The average Bonchev–Trinajstić information content (AvgIpc) is 0.901. The van der Waals surface area contributed by atoms with E-state index in [1.165, 1.54) is 49.6 Å². The van der Waals surface area contributed by atoms with Crippen LogP contribution in [0.5, 0.6) is 0 Å². The molecule has 0 aromatic carbocycles. The molecule has 6 rings (SSSR count). The molecule has 5 amide bonds. The second-order valence-electron chi connectivity index (χ2n) is 24.2. The van der Waals surface area contributed by atoms with E-state index in [1.807, 2.05) is 25.1 Å². The number of aromatic nitrogens is 12. The largest absolute Gasteiger partial charge is 0.444 e. The minimum atomic E-state index is -0.868. The van der Waals surface area contributed by atoms with Crippen LogP contribution in [-0.4, -0.2) is 118 Å². The fourth-order valence-electron chi connectivity index (χ4n) is 5.72. The number of carbonyl (C=O) groups is 5.